The lowest BCUT2D eigenvalue weighted by Gasteiger charge is -2.35. The highest BCUT2D eigenvalue weighted by molar-refractivity contribution is 6.05. The van der Waals surface area contributed by atoms with Crippen molar-refractivity contribution in [2.75, 3.05) is 32.2 Å². The molecule has 7 nitrogen and oxygen atoms in total. The summed E-state index contributed by atoms with van der Waals surface area (Å²) >= 11 is 0. The van der Waals surface area contributed by atoms with Crippen molar-refractivity contribution in [3.05, 3.63) is 60.4 Å². The first kappa shape index (κ1) is 18.2. The highest BCUT2D eigenvalue weighted by Gasteiger charge is 2.24. The number of pyridine rings is 1. The molecule has 0 amide bonds. The van der Waals surface area contributed by atoms with Crippen molar-refractivity contribution >= 4 is 17.2 Å². The Morgan fingerprint density at radius 1 is 1.32 bits per heavy atom. The van der Waals surface area contributed by atoms with Gasteiger partial charge >= 0.3 is 0 Å². The molecule has 2 aliphatic rings. The fraction of sp³-hybridized carbons (Fsp3) is 0.333. The molecule has 7 heteroatoms. The van der Waals surface area contributed by atoms with E-state index in [4.69, 9.17) is 10.5 Å². The van der Waals surface area contributed by atoms with Crippen LogP contribution in [0.15, 0.2) is 54.4 Å². The quantitative estimate of drug-likeness (QED) is 0.833. The molecule has 1 aromatic carbocycles. The molecule has 2 aromatic rings. The van der Waals surface area contributed by atoms with Crippen molar-refractivity contribution in [3.63, 3.8) is 0 Å². The van der Waals surface area contributed by atoms with Crippen LogP contribution in [0.25, 0.3) is 5.70 Å². The van der Waals surface area contributed by atoms with Gasteiger partial charge in [-0.15, -0.1) is 5.10 Å². The number of rotatable bonds is 5. The second-order valence-electron chi connectivity index (χ2n) is 7.25. The first-order valence-electron chi connectivity index (χ1n) is 9.56. The number of nitrogens with two attached hydrogens (primary N) is 1. The molecular weight excluding hydrogens is 352 g/mol. The molecule has 0 bridgehead atoms. The van der Waals surface area contributed by atoms with Gasteiger partial charge in [-0.25, -0.2) is 5.12 Å². The fourth-order valence-corrected chi connectivity index (χ4v) is 3.80. The molecule has 1 aromatic heterocycles. The van der Waals surface area contributed by atoms with Gasteiger partial charge in [0.05, 0.1) is 17.9 Å². The maximum Gasteiger partial charge on any atom is 0.158 e. The van der Waals surface area contributed by atoms with E-state index in [1.165, 1.54) is 0 Å². The molecular formula is C21H26N6O. The standard InChI is InChI=1S/C21H26N6O/c1-15(17-8-10-23-11-9-17)27-12-4-5-16(13-27)14-28-19-7-3-6-18-20(19)21(22)25-26(2)24-18/h3,6-11,16,24H,1,4-5,12-14H2,2H3,(H2,22,25). The Morgan fingerprint density at radius 2 is 2.14 bits per heavy atom. The highest BCUT2D eigenvalue weighted by atomic mass is 16.5. The summed E-state index contributed by atoms with van der Waals surface area (Å²) in [6, 6.07) is 9.90. The Balaban J connectivity index is 1.42. The lowest BCUT2D eigenvalue weighted by molar-refractivity contribution is 0.169. The van der Waals surface area contributed by atoms with E-state index in [0.29, 0.717) is 18.4 Å². The summed E-state index contributed by atoms with van der Waals surface area (Å²) in [5, 5.41) is 5.86. The topological polar surface area (TPSA) is 79.0 Å². The first-order chi connectivity index (χ1) is 13.6. The number of amidine groups is 1. The predicted octanol–water partition coefficient (Wildman–Crippen LogP) is 2.74. The number of nitrogens with zero attached hydrogens (tertiary/aromatic N) is 4. The summed E-state index contributed by atoms with van der Waals surface area (Å²) in [5.74, 6) is 1.66. The summed E-state index contributed by atoms with van der Waals surface area (Å²) in [6.45, 7) is 6.88. The number of ether oxygens (including phenoxy) is 1. The van der Waals surface area contributed by atoms with Gasteiger partial charge in [0.1, 0.15) is 5.75 Å². The minimum Gasteiger partial charge on any atom is -0.492 e. The van der Waals surface area contributed by atoms with E-state index in [1.54, 1.807) is 17.5 Å². The molecule has 146 valence electrons. The van der Waals surface area contributed by atoms with E-state index in [2.05, 4.69) is 27.0 Å². The Hall–Kier alpha value is -3.22. The van der Waals surface area contributed by atoms with Crippen LogP contribution in [0.4, 0.5) is 5.69 Å². The van der Waals surface area contributed by atoms with Crippen molar-refractivity contribution in [2.24, 2.45) is 16.8 Å². The van der Waals surface area contributed by atoms with Gasteiger partial charge in [-0.1, -0.05) is 12.6 Å². The normalized spacial score (nSPS) is 18.8. The van der Waals surface area contributed by atoms with Gasteiger partial charge in [-0.2, -0.15) is 0 Å². The molecule has 1 fully saturated rings. The zero-order chi connectivity index (χ0) is 19.5. The molecule has 3 N–H and O–H groups in total. The number of hydrogen-bond acceptors (Lipinski definition) is 7. The van der Waals surface area contributed by atoms with E-state index in [0.717, 1.165) is 54.2 Å². The lowest BCUT2D eigenvalue weighted by atomic mass is 9.97. The van der Waals surface area contributed by atoms with Crippen LogP contribution >= 0.6 is 0 Å². The summed E-state index contributed by atoms with van der Waals surface area (Å²) in [6.07, 6.45) is 5.88. The van der Waals surface area contributed by atoms with Crippen LogP contribution in [-0.2, 0) is 0 Å². The molecule has 3 heterocycles. The number of hydrogen-bond donors (Lipinski definition) is 2. The average Bonchev–Trinajstić information content (AvgIpc) is 2.72. The molecule has 1 atom stereocenters. The van der Waals surface area contributed by atoms with Crippen LogP contribution in [0.3, 0.4) is 0 Å². The number of hydrazine groups is 1. The Labute approximate surface area is 165 Å². The second kappa shape index (κ2) is 7.80. The van der Waals surface area contributed by atoms with E-state index >= 15 is 0 Å². The largest absolute Gasteiger partial charge is 0.492 e. The number of hydrazone groups is 1. The summed E-state index contributed by atoms with van der Waals surface area (Å²) < 4.78 is 6.20. The Kier molecular flexibility index (Phi) is 5.06. The monoisotopic (exact) mass is 378 g/mol. The number of nitrogens with one attached hydrogen (secondary N) is 1. The van der Waals surface area contributed by atoms with E-state index in [9.17, 15) is 0 Å². The van der Waals surface area contributed by atoms with Crippen molar-refractivity contribution in [3.8, 4) is 5.75 Å². The van der Waals surface area contributed by atoms with Gasteiger partial charge in [-0.3, -0.25) is 10.4 Å². The van der Waals surface area contributed by atoms with Gasteiger partial charge in [-0.05, 0) is 37.1 Å². The van der Waals surface area contributed by atoms with Crippen LogP contribution in [0, 0.1) is 5.92 Å². The lowest BCUT2D eigenvalue weighted by Crippen LogP contribution is -2.36. The molecule has 1 unspecified atom stereocenters. The predicted molar refractivity (Wildman–Crippen MR) is 112 cm³/mol. The van der Waals surface area contributed by atoms with Crippen LogP contribution in [0.2, 0.25) is 0 Å². The second-order valence-corrected chi connectivity index (χ2v) is 7.25. The van der Waals surface area contributed by atoms with Crippen molar-refractivity contribution in [1.82, 2.24) is 15.0 Å². The van der Waals surface area contributed by atoms with Crippen LogP contribution in [0.5, 0.6) is 5.75 Å². The maximum absolute atomic E-state index is 6.20. The van der Waals surface area contributed by atoms with E-state index < -0.39 is 0 Å². The first-order valence-corrected chi connectivity index (χ1v) is 9.56. The SMILES string of the molecule is C=C(c1ccncc1)N1CCCC(COc2cccc3c2C(N)=NN(C)N3)C1. The smallest absolute Gasteiger partial charge is 0.158 e. The number of piperidine rings is 1. The zero-order valence-corrected chi connectivity index (χ0v) is 16.1. The molecule has 0 radical (unpaired) electrons. The molecule has 0 aliphatic carbocycles. The number of anilines is 1. The van der Waals surface area contributed by atoms with Gasteiger partial charge in [0.25, 0.3) is 0 Å². The summed E-state index contributed by atoms with van der Waals surface area (Å²) in [5.41, 5.74) is 13.2. The number of fused-ring (bicyclic) bond motifs is 1. The molecule has 0 saturated carbocycles. The molecule has 2 aliphatic heterocycles. The van der Waals surface area contributed by atoms with E-state index in [-0.39, 0.29) is 0 Å². The molecule has 0 spiro atoms. The zero-order valence-electron chi connectivity index (χ0n) is 16.1. The van der Waals surface area contributed by atoms with Gasteiger partial charge in [0, 0.05) is 49.7 Å². The Bertz CT molecular complexity index is 882. The van der Waals surface area contributed by atoms with Gasteiger partial charge in [0.15, 0.2) is 5.84 Å². The minimum absolute atomic E-state index is 0.431. The third-order valence-electron chi connectivity index (χ3n) is 5.21. The summed E-state index contributed by atoms with van der Waals surface area (Å²) in [4.78, 5) is 6.44. The Morgan fingerprint density at radius 3 is 2.96 bits per heavy atom. The van der Waals surface area contributed by atoms with Crippen molar-refractivity contribution < 1.29 is 4.74 Å². The third kappa shape index (κ3) is 3.74. The van der Waals surface area contributed by atoms with E-state index in [1.807, 2.05) is 37.4 Å². The average molecular weight is 378 g/mol. The van der Waals surface area contributed by atoms with Crippen LogP contribution in [-0.4, -0.2) is 47.6 Å². The molecule has 28 heavy (non-hydrogen) atoms. The molecule has 1 saturated heterocycles. The van der Waals surface area contributed by atoms with Crippen LogP contribution < -0.4 is 15.9 Å². The van der Waals surface area contributed by atoms with Crippen molar-refractivity contribution in [2.45, 2.75) is 12.8 Å². The van der Waals surface area contributed by atoms with Gasteiger partial charge < -0.3 is 15.4 Å². The maximum atomic E-state index is 6.20. The highest BCUT2D eigenvalue weighted by Crippen LogP contribution is 2.31. The minimum atomic E-state index is 0.431. The number of benzene rings is 1. The summed E-state index contributed by atoms with van der Waals surface area (Å²) in [7, 11) is 1.82. The third-order valence-corrected chi connectivity index (χ3v) is 5.21. The number of likely N-dealkylation sites (tertiary alicyclic amines) is 1. The van der Waals surface area contributed by atoms with Crippen molar-refractivity contribution in [1.29, 1.82) is 0 Å². The number of aromatic nitrogens is 1. The molecule has 4 rings (SSSR count). The van der Waals surface area contributed by atoms with Gasteiger partial charge in [0.2, 0.25) is 0 Å². The fourth-order valence-electron chi connectivity index (χ4n) is 3.80. The van der Waals surface area contributed by atoms with Crippen LogP contribution in [0.1, 0.15) is 24.0 Å².